The smallest absolute Gasteiger partial charge is 0.243 e. The predicted octanol–water partition coefficient (Wildman–Crippen LogP) is 2.00. The van der Waals surface area contributed by atoms with Crippen LogP contribution in [0.15, 0.2) is 22.7 Å². The standard InChI is InChI=1S/C13H13BrN2O2S/c14-9-3-1-2-7-8(9)6-16(13(7)19)10-4-5-11(17)15-12(10)18/h1-3,10,13,19H,4-6H2,(H,15,17,18). The monoisotopic (exact) mass is 340 g/mol. The van der Waals surface area contributed by atoms with Crippen molar-refractivity contribution in [1.82, 2.24) is 10.2 Å². The highest BCUT2D eigenvalue weighted by atomic mass is 79.9. The van der Waals surface area contributed by atoms with E-state index in [1.54, 1.807) is 0 Å². The van der Waals surface area contributed by atoms with Gasteiger partial charge in [0.25, 0.3) is 0 Å². The molecule has 1 N–H and O–H groups in total. The molecule has 0 spiro atoms. The molecule has 2 aliphatic rings. The summed E-state index contributed by atoms with van der Waals surface area (Å²) in [6.45, 7) is 0.678. The van der Waals surface area contributed by atoms with Gasteiger partial charge in [0.05, 0.1) is 11.4 Å². The lowest BCUT2D eigenvalue weighted by Crippen LogP contribution is -2.51. The van der Waals surface area contributed by atoms with Gasteiger partial charge in [0.1, 0.15) is 0 Å². The second-order valence-electron chi connectivity index (χ2n) is 4.82. The first-order valence-corrected chi connectivity index (χ1v) is 7.43. The zero-order chi connectivity index (χ0) is 13.6. The molecule has 19 heavy (non-hydrogen) atoms. The summed E-state index contributed by atoms with van der Waals surface area (Å²) < 4.78 is 1.04. The molecule has 0 radical (unpaired) electrons. The summed E-state index contributed by atoms with van der Waals surface area (Å²) in [5, 5.41) is 2.30. The Bertz CT molecular complexity index is 564. The highest BCUT2D eigenvalue weighted by Crippen LogP contribution is 2.41. The molecule has 6 heteroatoms. The molecule has 0 aliphatic carbocycles. The molecule has 4 nitrogen and oxygen atoms in total. The minimum Gasteiger partial charge on any atom is -0.295 e. The Morgan fingerprint density at radius 2 is 2.16 bits per heavy atom. The van der Waals surface area contributed by atoms with Crippen molar-refractivity contribution >= 4 is 40.4 Å². The van der Waals surface area contributed by atoms with E-state index in [1.165, 1.54) is 5.56 Å². The number of hydrogen-bond donors (Lipinski definition) is 2. The van der Waals surface area contributed by atoms with E-state index in [9.17, 15) is 9.59 Å². The largest absolute Gasteiger partial charge is 0.295 e. The number of thiol groups is 1. The third kappa shape index (κ3) is 2.22. The van der Waals surface area contributed by atoms with Crippen LogP contribution in [0.3, 0.4) is 0 Å². The predicted molar refractivity (Wildman–Crippen MR) is 77.6 cm³/mol. The van der Waals surface area contributed by atoms with Gasteiger partial charge in [-0.3, -0.25) is 19.8 Å². The Balaban J connectivity index is 1.87. The summed E-state index contributed by atoms with van der Waals surface area (Å²) in [4.78, 5) is 25.2. The van der Waals surface area contributed by atoms with Crippen LogP contribution in [-0.4, -0.2) is 22.8 Å². The van der Waals surface area contributed by atoms with Crippen molar-refractivity contribution in [3.05, 3.63) is 33.8 Å². The molecule has 0 aromatic heterocycles. The van der Waals surface area contributed by atoms with Crippen molar-refractivity contribution in [3.63, 3.8) is 0 Å². The van der Waals surface area contributed by atoms with E-state index in [0.29, 0.717) is 19.4 Å². The van der Waals surface area contributed by atoms with Gasteiger partial charge in [-0.2, -0.15) is 12.6 Å². The molecule has 2 atom stereocenters. The van der Waals surface area contributed by atoms with Crippen LogP contribution < -0.4 is 5.32 Å². The lowest BCUT2D eigenvalue weighted by molar-refractivity contribution is -0.137. The Labute approximate surface area is 125 Å². The van der Waals surface area contributed by atoms with E-state index in [0.717, 1.165) is 10.0 Å². The Morgan fingerprint density at radius 1 is 1.37 bits per heavy atom. The number of imide groups is 1. The van der Waals surface area contributed by atoms with Crippen molar-refractivity contribution in [2.75, 3.05) is 0 Å². The van der Waals surface area contributed by atoms with Crippen molar-refractivity contribution in [1.29, 1.82) is 0 Å². The van der Waals surface area contributed by atoms with Crippen molar-refractivity contribution in [2.45, 2.75) is 30.8 Å². The minimum atomic E-state index is -0.278. The van der Waals surface area contributed by atoms with E-state index < -0.39 is 0 Å². The fourth-order valence-corrected chi connectivity index (χ4v) is 3.70. The number of fused-ring (bicyclic) bond motifs is 1. The van der Waals surface area contributed by atoms with Gasteiger partial charge in [0.2, 0.25) is 11.8 Å². The van der Waals surface area contributed by atoms with Crippen LogP contribution >= 0.6 is 28.6 Å². The van der Waals surface area contributed by atoms with Gasteiger partial charge in [0.15, 0.2) is 0 Å². The Hall–Kier alpha value is -0.850. The van der Waals surface area contributed by atoms with Crippen molar-refractivity contribution < 1.29 is 9.59 Å². The molecule has 0 saturated carbocycles. The van der Waals surface area contributed by atoms with E-state index in [2.05, 4.69) is 33.9 Å². The molecule has 100 valence electrons. The molecule has 1 fully saturated rings. The summed E-state index contributed by atoms with van der Waals surface area (Å²) in [6, 6.07) is 5.72. The highest BCUT2D eigenvalue weighted by molar-refractivity contribution is 9.10. The van der Waals surface area contributed by atoms with Crippen LogP contribution in [0.2, 0.25) is 0 Å². The maximum atomic E-state index is 12.0. The van der Waals surface area contributed by atoms with Crippen molar-refractivity contribution in [3.8, 4) is 0 Å². The molecular formula is C13H13BrN2O2S. The number of carbonyl (C=O) groups is 2. The van der Waals surface area contributed by atoms with E-state index in [-0.39, 0.29) is 23.2 Å². The Morgan fingerprint density at radius 3 is 2.84 bits per heavy atom. The van der Waals surface area contributed by atoms with Crippen LogP contribution in [0.1, 0.15) is 29.3 Å². The van der Waals surface area contributed by atoms with Gasteiger partial charge in [0, 0.05) is 17.4 Å². The summed E-state index contributed by atoms with van der Waals surface area (Å²) in [7, 11) is 0. The molecule has 2 heterocycles. The normalized spacial score (nSPS) is 27.3. The molecule has 1 saturated heterocycles. The molecule has 0 bridgehead atoms. The molecule has 2 unspecified atom stereocenters. The van der Waals surface area contributed by atoms with Crippen LogP contribution in [0.5, 0.6) is 0 Å². The number of hydrogen-bond acceptors (Lipinski definition) is 4. The van der Waals surface area contributed by atoms with Gasteiger partial charge in [-0.05, 0) is 23.6 Å². The van der Waals surface area contributed by atoms with Gasteiger partial charge < -0.3 is 0 Å². The fourth-order valence-electron chi connectivity index (χ4n) is 2.71. The number of benzene rings is 1. The van der Waals surface area contributed by atoms with Crippen LogP contribution in [0, 0.1) is 0 Å². The minimum absolute atomic E-state index is 0.101. The van der Waals surface area contributed by atoms with E-state index >= 15 is 0 Å². The first-order valence-electron chi connectivity index (χ1n) is 6.12. The number of amides is 2. The van der Waals surface area contributed by atoms with Gasteiger partial charge in [-0.1, -0.05) is 28.1 Å². The van der Waals surface area contributed by atoms with Crippen LogP contribution in [0.25, 0.3) is 0 Å². The molecule has 3 rings (SSSR count). The number of carbonyl (C=O) groups excluding carboxylic acids is 2. The highest BCUT2D eigenvalue weighted by Gasteiger charge is 2.39. The second kappa shape index (κ2) is 4.92. The van der Waals surface area contributed by atoms with E-state index in [1.807, 2.05) is 23.1 Å². The quantitative estimate of drug-likeness (QED) is 0.607. The van der Waals surface area contributed by atoms with E-state index in [4.69, 9.17) is 0 Å². The molecule has 1 aromatic carbocycles. The lowest BCUT2D eigenvalue weighted by atomic mass is 10.0. The Kier molecular flexibility index (Phi) is 3.41. The maximum Gasteiger partial charge on any atom is 0.243 e. The van der Waals surface area contributed by atoms with Crippen LogP contribution in [-0.2, 0) is 16.1 Å². The zero-order valence-electron chi connectivity index (χ0n) is 10.1. The van der Waals surface area contributed by atoms with Crippen molar-refractivity contribution in [2.24, 2.45) is 0 Å². The number of rotatable bonds is 1. The fraction of sp³-hybridized carbons (Fsp3) is 0.385. The zero-order valence-corrected chi connectivity index (χ0v) is 12.6. The topological polar surface area (TPSA) is 49.4 Å². The number of halogens is 1. The molecule has 2 aliphatic heterocycles. The van der Waals surface area contributed by atoms with Gasteiger partial charge >= 0.3 is 0 Å². The first-order chi connectivity index (χ1) is 9.08. The number of nitrogens with one attached hydrogen (secondary N) is 1. The second-order valence-corrected chi connectivity index (χ2v) is 6.16. The average Bonchev–Trinajstić information content (AvgIpc) is 2.69. The van der Waals surface area contributed by atoms with Gasteiger partial charge in [-0.15, -0.1) is 0 Å². The van der Waals surface area contributed by atoms with Gasteiger partial charge in [-0.25, -0.2) is 0 Å². The third-order valence-corrected chi connectivity index (χ3v) is 5.02. The molecular weight excluding hydrogens is 328 g/mol. The average molecular weight is 341 g/mol. The SMILES string of the molecule is O=C1CCC(N2Cc3c(Br)cccc3C2S)C(=O)N1. The summed E-state index contributed by atoms with van der Waals surface area (Å²) in [6.07, 6.45) is 0.957. The summed E-state index contributed by atoms with van der Waals surface area (Å²) in [5.41, 5.74) is 2.30. The number of piperidine rings is 1. The maximum absolute atomic E-state index is 12.0. The summed E-state index contributed by atoms with van der Waals surface area (Å²) >= 11 is 8.16. The lowest BCUT2D eigenvalue weighted by Gasteiger charge is -2.32. The number of nitrogens with zero attached hydrogens (tertiary/aromatic N) is 1. The third-order valence-electron chi connectivity index (χ3n) is 3.70. The molecule has 1 aromatic rings. The van der Waals surface area contributed by atoms with Crippen LogP contribution in [0.4, 0.5) is 0 Å². The first kappa shape index (κ1) is 13.1. The molecule has 2 amide bonds. The summed E-state index contributed by atoms with van der Waals surface area (Å²) in [5.74, 6) is -0.394.